The van der Waals surface area contributed by atoms with Crippen LogP contribution >= 0.6 is 0 Å². The molecule has 1 fully saturated rings. The molecule has 0 spiro atoms. The van der Waals surface area contributed by atoms with E-state index in [0.29, 0.717) is 18.7 Å². The van der Waals surface area contributed by atoms with Crippen molar-refractivity contribution in [3.63, 3.8) is 0 Å². The smallest absolute Gasteiger partial charge is 0.271 e. The summed E-state index contributed by atoms with van der Waals surface area (Å²) in [5, 5.41) is 7.49. The lowest BCUT2D eigenvalue weighted by Gasteiger charge is -2.20. The van der Waals surface area contributed by atoms with Crippen LogP contribution in [0.5, 0.6) is 0 Å². The first-order valence-corrected chi connectivity index (χ1v) is 9.41. The molecule has 1 aromatic carbocycles. The summed E-state index contributed by atoms with van der Waals surface area (Å²) in [7, 11) is 0. The number of benzene rings is 1. The molecule has 3 aromatic rings. The zero-order chi connectivity index (χ0) is 19.1. The summed E-state index contributed by atoms with van der Waals surface area (Å²) < 4.78 is 7.02. The highest BCUT2D eigenvalue weighted by Crippen LogP contribution is 2.22. The van der Waals surface area contributed by atoms with Crippen molar-refractivity contribution in [1.29, 1.82) is 0 Å². The fourth-order valence-corrected chi connectivity index (χ4v) is 3.88. The van der Waals surface area contributed by atoms with Gasteiger partial charge in [0.2, 0.25) is 0 Å². The van der Waals surface area contributed by atoms with E-state index in [1.54, 1.807) is 6.07 Å². The first-order chi connectivity index (χ1) is 13.7. The summed E-state index contributed by atoms with van der Waals surface area (Å²) in [5.74, 6) is -0.340. The third kappa shape index (κ3) is 2.95. The number of hydrogen-bond donors (Lipinski definition) is 1. The number of ether oxygens (including phenoxy) is 1. The summed E-state index contributed by atoms with van der Waals surface area (Å²) in [6.45, 7) is 0.655. The van der Waals surface area contributed by atoms with Crippen LogP contribution < -0.4 is 10.9 Å². The van der Waals surface area contributed by atoms with E-state index < -0.39 is 0 Å². The molecule has 1 amide bonds. The highest BCUT2D eigenvalue weighted by atomic mass is 16.5. The predicted octanol–water partition coefficient (Wildman–Crippen LogP) is 1.05. The van der Waals surface area contributed by atoms with E-state index in [9.17, 15) is 9.59 Å². The number of para-hydroxylation sites is 2. The Morgan fingerprint density at radius 2 is 2.04 bits per heavy atom. The molecule has 8 nitrogen and oxygen atoms in total. The Labute approximate surface area is 160 Å². The van der Waals surface area contributed by atoms with E-state index in [-0.39, 0.29) is 29.2 Å². The second-order valence-corrected chi connectivity index (χ2v) is 7.18. The molecule has 2 aromatic heterocycles. The summed E-state index contributed by atoms with van der Waals surface area (Å²) >= 11 is 0. The molecule has 0 bridgehead atoms. The predicted molar refractivity (Wildman–Crippen MR) is 101 cm³/mol. The minimum atomic E-state index is -0.356. The average molecular weight is 377 g/mol. The summed E-state index contributed by atoms with van der Waals surface area (Å²) in [6, 6.07) is 8.36. The molecule has 2 atom stereocenters. The first kappa shape index (κ1) is 17.0. The molecule has 2 aliphatic rings. The number of nitrogens with one attached hydrogen (secondary N) is 1. The molecule has 28 heavy (non-hydrogen) atoms. The number of nitrogens with zero attached hydrogens (tertiary/aromatic N) is 4. The second-order valence-electron chi connectivity index (χ2n) is 7.18. The maximum Gasteiger partial charge on any atom is 0.271 e. The molecule has 0 radical (unpaired) electrons. The lowest BCUT2D eigenvalue weighted by Crippen LogP contribution is -2.44. The van der Waals surface area contributed by atoms with Gasteiger partial charge in [0.15, 0.2) is 0 Å². The molecular formula is C20H19N5O3. The molecule has 1 aliphatic carbocycles. The number of fused-ring (bicyclic) bond motifs is 2. The second kappa shape index (κ2) is 6.79. The van der Waals surface area contributed by atoms with E-state index in [1.807, 2.05) is 24.3 Å². The van der Waals surface area contributed by atoms with Crippen LogP contribution in [0.25, 0.3) is 11.0 Å². The van der Waals surface area contributed by atoms with Crippen LogP contribution in [0.1, 0.15) is 34.2 Å². The Kier molecular flexibility index (Phi) is 4.12. The maximum atomic E-state index is 12.7. The van der Waals surface area contributed by atoms with Crippen molar-refractivity contribution in [1.82, 2.24) is 25.1 Å². The standard InChI is InChI=1S/C20H19N5O3/c26-19-8-12-4-3-7-13(12)24-25(19)18-11-28-10-17(18)23-20(27)16-9-21-14-5-1-2-6-15(14)22-16/h1-2,5-6,8-9,17-18H,3-4,7,10-11H2,(H,23,27). The van der Waals surface area contributed by atoms with Crippen LogP contribution in [0.4, 0.5) is 0 Å². The minimum Gasteiger partial charge on any atom is -0.377 e. The molecule has 2 unspecified atom stereocenters. The Hall–Kier alpha value is -3.13. The van der Waals surface area contributed by atoms with Gasteiger partial charge in [0.1, 0.15) is 11.7 Å². The van der Waals surface area contributed by atoms with Crippen molar-refractivity contribution >= 4 is 16.9 Å². The Morgan fingerprint density at radius 1 is 1.18 bits per heavy atom. The number of amides is 1. The summed E-state index contributed by atoms with van der Waals surface area (Å²) in [5.41, 5.74) is 3.48. The third-order valence-corrected chi connectivity index (χ3v) is 5.34. The zero-order valence-corrected chi connectivity index (χ0v) is 15.2. The number of carbonyl (C=O) groups excluding carboxylic acids is 1. The normalized spacial score (nSPS) is 21.0. The van der Waals surface area contributed by atoms with Crippen molar-refractivity contribution in [3.8, 4) is 0 Å². The van der Waals surface area contributed by atoms with E-state index in [4.69, 9.17) is 4.74 Å². The molecule has 1 N–H and O–H groups in total. The maximum absolute atomic E-state index is 12.7. The van der Waals surface area contributed by atoms with Crippen molar-refractivity contribution in [3.05, 3.63) is 63.8 Å². The number of carbonyl (C=O) groups is 1. The number of rotatable bonds is 3. The molecule has 5 rings (SSSR count). The lowest BCUT2D eigenvalue weighted by atomic mass is 10.1. The van der Waals surface area contributed by atoms with E-state index >= 15 is 0 Å². The quantitative estimate of drug-likeness (QED) is 0.732. The SMILES string of the molecule is O=C(NC1COCC1n1nc2c(cc1=O)CCC2)c1cnc2ccccc2n1. The average Bonchev–Trinajstić information content (AvgIpc) is 3.35. The van der Waals surface area contributed by atoms with Gasteiger partial charge in [0.25, 0.3) is 11.5 Å². The minimum absolute atomic E-state index is 0.152. The number of aromatic nitrogens is 4. The molecule has 1 saturated heterocycles. The summed E-state index contributed by atoms with van der Waals surface area (Å²) in [6.07, 6.45) is 4.27. The fraction of sp³-hybridized carbons (Fsp3) is 0.350. The van der Waals surface area contributed by atoms with Crippen molar-refractivity contribution in [2.24, 2.45) is 0 Å². The largest absolute Gasteiger partial charge is 0.377 e. The van der Waals surface area contributed by atoms with Crippen LogP contribution in [0, 0.1) is 0 Å². The van der Waals surface area contributed by atoms with Crippen molar-refractivity contribution < 1.29 is 9.53 Å². The third-order valence-electron chi connectivity index (χ3n) is 5.34. The van der Waals surface area contributed by atoms with Gasteiger partial charge in [0, 0.05) is 6.07 Å². The highest BCUT2D eigenvalue weighted by molar-refractivity contribution is 5.94. The van der Waals surface area contributed by atoms with E-state index in [2.05, 4.69) is 20.4 Å². The fourth-order valence-electron chi connectivity index (χ4n) is 3.88. The molecule has 8 heteroatoms. The van der Waals surface area contributed by atoms with Crippen molar-refractivity contribution in [2.75, 3.05) is 13.2 Å². The van der Waals surface area contributed by atoms with Crippen LogP contribution in [0.3, 0.4) is 0 Å². The molecule has 0 saturated carbocycles. The van der Waals surface area contributed by atoms with Gasteiger partial charge in [-0.25, -0.2) is 9.67 Å². The Bertz CT molecular complexity index is 1130. The topological polar surface area (TPSA) is 99.0 Å². The van der Waals surface area contributed by atoms with Gasteiger partial charge >= 0.3 is 0 Å². The monoisotopic (exact) mass is 377 g/mol. The van der Waals surface area contributed by atoms with Gasteiger partial charge < -0.3 is 10.1 Å². The van der Waals surface area contributed by atoms with Crippen LogP contribution in [0.15, 0.2) is 41.3 Å². The number of hydrogen-bond acceptors (Lipinski definition) is 6. The first-order valence-electron chi connectivity index (χ1n) is 9.41. The molecular weight excluding hydrogens is 358 g/mol. The molecule has 142 valence electrons. The van der Waals surface area contributed by atoms with Gasteiger partial charge in [-0.2, -0.15) is 5.10 Å². The van der Waals surface area contributed by atoms with Gasteiger partial charge in [-0.05, 0) is 37.0 Å². The Balaban J connectivity index is 1.40. The van der Waals surface area contributed by atoms with E-state index in [1.165, 1.54) is 10.9 Å². The van der Waals surface area contributed by atoms with Gasteiger partial charge in [-0.15, -0.1) is 0 Å². The van der Waals surface area contributed by atoms with Crippen molar-refractivity contribution in [2.45, 2.75) is 31.3 Å². The summed E-state index contributed by atoms with van der Waals surface area (Å²) in [4.78, 5) is 33.9. The lowest BCUT2D eigenvalue weighted by molar-refractivity contribution is 0.0919. The Morgan fingerprint density at radius 3 is 2.93 bits per heavy atom. The van der Waals surface area contributed by atoms with Gasteiger partial charge in [0.05, 0.1) is 42.2 Å². The number of aryl methyl sites for hydroxylation is 2. The van der Waals surface area contributed by atoms with Crippen LogP contribution in [-0.2, 0) is 17.6 Å². The molecule has 3 heterocycles. The molecule has 1 aliphatic heterocycles. The van der Waals surface area contributed by atoms with Gasteiger partial charge in [-0.3, -0.25) is 14.6 Å². The highest BCUT2D eigenvalue weighted by Gasteiger charge is 2.33. The zero-order valence-electron chi connectivity index (χ0n) is 15.2. The van der Waals surface area contributed by atoms with Crippen LogP contribution in [0.2, 0.25) is 0 Å². The van der Waals surface area contributed by atoms with Crippen LogP contribution in [-0.4, -0.2) is 44.9 Å². The van der Waals surface area contributed by atoms with E-state index in [0.717, 1.165) is 36.0 Å². The van der Waals surface area contributed by atoms with Gasteiger partial charge in [-0.1, -0.05) is 12.1 Å².